The number of ether oxygens (including phenoxy) is 1. The lowest BCUT2D eigenvalue weighted by Crippen LogP contribution is -2.33. The molecule has 0 aromatic rings. The van der Waals surface area contributed by atoms with Crippen LogP contribution in [-0.4, -0.2) is 12.1 Å². The third-order valence-corrected chi connectivity index (χ3v) is 6.30. The molecule has 2 aliphatic rings. The van der Waals surface area contributed by atoms with Crippen LogP contribution in [0.3, 0.4) is 0 Å². The topological polar surface area (TPSA) is 50.1 Å². The number of nitriles is 1. The lowest BCUT2D eigenvalue weighted by Gasteiger charge is -2.35. The Balaban J connectivity index is 1.74. The Morgan fingerprint density at radius 1 is 1.08 bits per heavy atom. The molecule has 0 spiro atoms. The maximum atomic E-state index is 12.5. The van der Waals surface area contributed by atoms with Crippen LogP contribution in [0, 0.1) is 28.6 Å². The highest BCUT2D eigenvalue weighted by Crippen LogP contribution is 2.43. The van der Waals surface area contributed by atoms with Gasteiger partial charge in [0.05, 0.1) is 17.4 Å². The van der Waals surface area contributed by atoms with Crippen molar-refractivity contribution in [3.8, 4) is 6.07 Å². The van der Waals surface area contributed by atoms with Gasteiger partial charge in [-0.15, -0.1) is 0 Å². The van der Waals surface area contributed by atoms with Gasteiger partial charge in [-0.25, -0.2) is 0 Å². The highest BCUT2D eigenvalue weighted by Gasteiger charge is 2.38. The number of rotatable bonds is 7. The minimum atomic E-state index is -0.176. The SMILES string of the molecule is CCCC[C@]1(C#N)CC[C@@H](C(=O)O[C@H]2CC[C@H](CCC)CC2)CC1. The predicted octanol–water partition coefficient (Wildman–Crippen LogP) is 5.78. The summed E-state index contributed by atoms with van der Waals surface area (Å²) in [6, 6.07) is 2.56. The summed E-state index contributed by atoms with van der Waals surface area (Å²) < 4.78 is 5.82. The lowest BCUT2D eigenvalue weighted by atomic mass is 9.69. The minimum absolute atomic E-state index is 0.0102. The zero-order valence-corrected chi connectivity index (χ0v) is 15.7. The number of unbranched alkanes of at least 4 members (excludes halogenated alkanes) is 1. The quantitative estimate of drug-likeness (QED) is 0.555. The molecule has 0 aromatic carbocycles. The molecule has 0 amide bonds. The molecule has 3 heteroatoms. The van der Waals surface area contributed by atoms with Gasteiger partial charge in [-0.05, 0) is 63.7 Å². The first-order valence-electron chi connectivity index (χ1n) is 10.2. The van der Waals surface area contributed by atoms with Crippen molar-refractivity contribution in [3.05, 3.63) is 0 Å². The Hall–Kier alpha value is -1.04. The van der Waals surface area contributed by atoms with Gasteiger partial charge in [-0.3, -0.25) is 4.79 Å². The first kappa shape index (κ1) is 19.3. The number of hydrogen-bond donors (Lipinski definition) is 0. The van der Waals surface area contributed by atoms with Crippen molar-refractivity contribution in [2.75, 3.05) is 0 Å². The van der Waals surface area contributed by atoms with E-state index in [1.54, 1.807) is 0 Å². The average Bonchev–Trinajstić information content (AvgIpc) is 2.62. The van der Waals surface area contributed by atoms with Crippen LogP contribution >= 0.6 is 0 Å². The van der Waals surface area contributed by atoms with E-state index in [1.807, 2.05) is 0 Å². The van der Waals surface area contributed by atoms with E-state index in [0.717, 1.165) is 63.7 Å². The maximum absolute atomic E-state index is 12.5. The van der Waals surface area contributed by atoms with E-state index in [4.69, 9.17) is 4.74 Å². The Morgan fingerprint density at radius 3 is 2.29 bits per heavy atom. The normalized spacial score (nSPS) is 33.6. The molecule has 0 radical (unpaired) electrons. The van der Waals surface area contributed by atoms with Crippen molar-refractivity contribution < 1.29 is 9.53 Å². The zero-order chi connectivity index (χ0) is 17.4. The zero-order valence-electron chi connectivity index (χ0n) is 15.7. The summed E-state index contributed by atoms with van der Waals surface area (Å²) in [5.74, 6) is 0.881. The summed E-state index contributed by atoms with van der Waals surface area (Å²) in [6.07, 6.45) is 13.9. The molecule has 3 nitrogen and oxygen atoms in total. The van der Waals surface area contributed by atoms with Crippen LogP contribution in [0.5, 0.6) is 0 Å². The molecule has 0 bridgehead atoms. The average molecular weight is 334 g/mol. The van der Waals surface area contributed by atoms with E-state index >= 15 is 0 Å². The number of carbonyl (C=O) groups excluding carboxylic acids is 1. The fourth-order valence-electron chi connectivity index (χ4n) is 4.55. The summed E-state index contributed by atoms with van der Waals surface area (Å²) in [5.41, 5.74) is -0.176. The van der Waals surface area contributed by atoms with E-state index in [0.29, 0.717) is 0 Å². The summed E-state index contributed by atoms with van der Waals surface area (Å²) in [7, 11) is 0. The van der Waals surface area contributed by atoms with Gasteiger partial charge >= 0.3 is 5.97 Å². The van der Waals surface area contributed by atoms with Gasteiger partial charge < -0.3 is 4.74 Å². The lowest BCUT2D eigenvalue weighted by molar-refractivity contribution is -0.157. The van der Waals surface area contributed by atoms with Crippen molar-refractivity contribution in [2.24, 2.45) is 17.3 Å². The highest BCUT2D eigenvalue weighted by molar-refractivity contribution is 5.72. The number of esters is 1. The van der Waals surface area contributed by atoms with Crippen molar-refractivity contribution in [1.82, 2.24) is 0 Å². The van der Waals surface area contributed by atoms with Crippen LogP contribution in [0.25, 0.3) is 0 Å². The molecule has 2 rings (SSSR count). The minimum Gasteiger partial charge on any atom is -0.462 e. The molecule has 2 saturated carbocycles. The Morgan fingerprint density at radius 2 is 1.75 bits per heavy atom. The third-order valence-electron chi connectivity index (χ3n) is 6.30. The molecule has 24 heavy (non-hydrogen) atoms. The molecule has 0 heterocycles. The predicted molar refractivity (Wildman–Crippen MR) is 96.3 cm³/mol. The Labute approximate surface area is 148 Å². The fourth-order valence-corrected chi connectivity index (χ4v) is 4.55. The molecule has 0 unspecified atom stereocenters. The second-order valence-corrected chi connectivity index (χ2v) is 8.14. The molecule has 136 valence electrons. The molecule has 2 fully saturated rings. The largest absolute Gasteiger partial charge is 0.462 e. The third kappa shape index (κ3) is 5.23. The van der Waals surface area contributed by atoms with Crippen LogP contribution in [0.2, 0.25) is 0 Å². The van der Waals surface area contributed by atoms with Crippen LogP contribution in [-0.2, 0) is 9.53 Å². The van der Waals surface area contributed by atoms with Crippen LogP contribution in [0.15, 0.2) is 0 Å². The first-order chi connectivity index (χ1) is 11.6. The number of carbonyl (C=O) groups is 1. The molecule has 0 N–H and O–H groups in total. The second kappa shape index (κ2) is 9.44. The number of hydrogen-bond acceptors (Lipinski definition) is 3. The van der Waals surface area contributed by atoms with Crippen molar-refractivity contribution in [2.45, 2.75) is 103 Å². The van der Waals surface area contributed by atoms with E-state index in [1.165, 1.54) is 25.7 Å². The van der Waals surface area contributed by atoms with E-state index in [-0.39, 0.29) is 23.4 Å². The Kier molecular flexibility index (Phi) is 7.59. The van der Waals surface area contributed by atoms with E-state index in [9.17, 15) is 10.1 Å². The van der Waals surface area contributed by atoms with E-state index < -0.39 is 0 Å². The summed E-state index contributed by atoms with van der Waals surface area (Å²) in [4.78, 5) is 12.5. The van der Waals surface area contributed by atoms with Crippen molar-refractivity contribution >= 4 is 5.97 Å². The smallest absolute Gasteiger partial charge is 0.309 e. The molecule has 0 aliphatic heterocycles. The molecule has 0 saturated heterocycles. The molecule has 0 atom stereocenters. The van der Waals surface area contributed by atoms with Gasteiger partial charge in [0.25, 0.3) is 0 Å². The molecule has 2 aliphatic carbocycles. The van der Waals surface area contributed by atoms with Gasteiger partial charge in [-0.2, -0.15) is 5.26 Å². The van der Waals surface area contributed by atoms with Gasteiger partial charge in [0, 0.05) is 0 Å². The van der Waals surface area contributed by atoms with Crippen LogP contribution in [0.4, 0.5) is 0 Å². The number of nitrogens with zero attached hydrogens (tertiary/aromatic N) is 1. The van der Waals surface area contributed by atoms with Gasteiger partial charge in [-0.1, -0.05) is 39.5 Å². The summed E-state index contributed by atoms with van der Waals surface area (Å²) in [6.45, 7) is 4.42. The van der Waals surface area contributed by atoms with Crippen molar-refractivity contribution in [1.29, 1.82) is 5.26 Å². The molecular formula is C21H35NO2. The Bertz CT molecular complexity index is 424. The first-order valence-corrected chi connectivity index (χ1v) is 10.2. The molecular weight excluding hydrogens is 298 g/mol. The van der Waals surface area contributed by atoms with E-state index in [2.05, 4.69) is 19.9 Å². The van der Waals surface area contributed by atoms with Crippen LogP contribution < -0.4 is 0 Å². The highest BCUT2D eigenvalue weighted by atomic mass is 16.5. The van der Waals surface area contributed by atoms with Crippen LogP contribution in [0.1, 0.15) is 97.3 Å². The van der Waals surface area contributed by atoms with Gasteiger partial charge in [0.2, 0.25) is 0 Å². The summed E-state index contributed by atoms with van der Waals surface area (Å²) >= 11 is 0. The van der Waals surface area contributed by atoms with Crippen molar-refractivity contribution in [3.63, 3.8) is 0 Å². The second-order valence-electron chi connectivity index (χ2n) is 8.14. The summed E-state index contributed by atoms with van der Waals surface area (Å²) in [5, 5.41) is 9.56. The van der Waals surface area contributed by atoms with Gasteiger partial charge in [0.15, 0.2) is 0 Å². The maximum Gasteiger partial charge on any atom is 0.309 e. The monoisotopic (exact) mass is 333 g/mol. The standard InChI is InChI=1S/C21H35NO2/c1-3-5-13-21(16-22)14-11-18(12-15-21)20(23)24-19-9-7-17(6-4-2)8-10-19/h17-19H,3-15H2,1-2H3/t17-,18-,19-,21+. The van der Waals surface area contributed by atoms with Gasteiger partial charge in [0.1, 0.15) is 6.10 Å². The fraction of sp³-hybridized carbons (Fsp3) is 0.905. The molecule has 0 aromatic heterocycles.